The second kappa shape index (κ2) is 12.6. The molecule has 1 aromatic carbocycles. The molecular weight excluding hydrogens is 523 g/mol. The van der Waals surface area contributed by atoms with Gasteiger partial charge in [-0.1, -0.05) is 44.5 Å². The summed E-state index contributed by atoms with van der Waals surface area (Å²) in [5.74, 6) is 1.45. The van der Waals surface area contributed by atoms with Gasteiger partial charge in [-0.3, -0.25) is 9.89 Å². The fourth-order valence-corrected chi connectivity index (χ4v) is 4.83. The zero-order valence-electron chi connectivity index (χ0n) is 19.5. The molecule has 176 valence electrons. The molecule has 2 saturated heterocycles. The molecule has 0 aliphatic carbocycles. The molecule has 0 bridgehead atoms. The highest BCUT2D eigenvalue weighted by Crippen LogP contribution is 2.33. The lowest BCUT2D eigenvalue weighted by Gasteiger charge is -2.40. The van der Waals surface area contributed by atoms with Gasteiger partial charge in [-0.05, 0) is 48.8 Å². The third-order valence-corrected chi connectivity index (χ3v) is 6.55. The number of benzene rings is 1. The van der Waals surface area contributed by atoms with Crippen LogP contribution in [0.3, 0.4) is 0 Å². The number of ether oxygens (including phenoxy) is 1. The maximum Gasteiger partial charge on any atom is 0.191 e. The van der Waals surface area contributed by atoms with Gasteiger partial charge < -0.3 is 15.4 Å². The molecule has 0 saturated carbocycles. The quantitative estimate of drug-likeness (QED) is 0.304. The molecule has 2 atom stereocenters. The Balaban J connectivity index is 0.00000341. The number of halogens is 2. The van der Waals surface area contributed by atoms with Crippen molar-refractivity contribution in [1.82, 2.24) is 15.5 Å². The average molecular weight is 563 g/mol. The van der Waals surface area contributed by atoms with E-state index in [1.54, 1.807) is 0 Å². The van der Waals surface area contributed by atoms with Crippen LogP contribution in [0.5, 0.6) is 0 Å². The van der Waals surface area contributed by atoms with Crippen LogP contribution >= 0.6 is 35.6 Å². The third-order valence-electron chi connectivity index (χ3n) is 6.30. The lowest BCUT2D eigenvalue weighted by Crippen LogP contribution is -2.51. The van der Waals surface area contributed by atoms with Gasteiger partial charge in [-0.25, -0.2) is 0 Å². The Labute approximate surface area is 210 Å². The molecule has 0 spiro atoms. The molecule has 2 aliphatic heterocycles. The van der Waals surface area contributed by atoms with Crippen molar-refractivity contribution in [2.45, 2.75) is 65.1 Å². The Morgan fingerprint density at radius 2 is 1.84 bits per heavy atom. The second-order valence-corrected chi connectivity index (χ2v) is 10.3. The van der Waals surface area contributed by atoms with E-state index in [-0.39, 0.29) is 29.4 Å². The molecule has 2 aliphatic rings. The Morgan fingerprint density at radius 3 is 2.45 bits per heavy atom. The fourth-order valence-electron chi connectivity index (χ4n) is 4.71. The maximum atomic E-state index is 6.12. The highest BCUT2D eigenvalue weighted by atomic mass is 127. The van der Waals surface area contributed by atoms with Crippen LogP contribution < -0.4 is 10.6 Å². The van der Waals surface area contributed by atoms with Crippen molar-refractivity contribution in [2.24, 2.45) is 16.3 Å². The molecule has 31 heavy (non-hydrogen) atoms. The number of likely N-dealkylation sites (tertiary alicyclic amines) is 1. The molecule has 0 aromatic heterocycles. The Bertz CT molecular complexity index is 684. The molecule has 0 radical (unpaired) electrons. The number of nitrogens with zero attached hydrogens (tertiary/aromatic N) is 2. The number of hydrogen-bond donors (Lipinski definition) is 2. The molecule has 1 aromatic rings. The van der Waals surface area contributed by atoms with Gasteiger partial charge in [0.15, 0.2) is 5.96 Å². The van der Waals surface area contributed by atoms with Crippen molar-refractivity contribution >= 4 is 41.5 Å². The third kappa shape index (κ3) is 8.37. The van der Waals surface area contributed by atoms with Crippen LogP contribution in [0.15, 0.2) is 29.3 Å². The predicted molar refractivity (Wildman–Crippen MR) is 142 cm³/mol. The monoisotopic (exact) mass is 562 g/mol. The summed E-state index contributed by atoms with van der Waals surface area (Å²) in [5, 5.41) is 8.02. The average Bonchev–Trinajstić information content (AvgIpc) is 2.73. The molecule has 2 heterocycles. The molecule has 3 rings (SSSR count). The summed E-state index contributed by atoms with van der Waals surface area (Å²) in [6, 6.07) is 8.67. The van der Waals surface area contributed by atoms with Crippen molar-refractivity contribution in [2.75, 3.05) is 33.3 Å². The zero-order valence-corrected chi connectivity index (χ0v) is 22.6. The Kier molecular flexibility index (Phi) is 10.9. The maximum absolute atomic E-state index is 6.12. The van der Waals surface area contributed by atoms with Gasteiger partial charge >= 0.3 is 0 Å². The lowest BCUT2D eigenvalue weighted by molar-refractivity contribution is -0.0835. The SMILES string of the molecule is CN=C(NCC1CCCOC1C(C)(C)C)NC1CCN(Cc2ccc(Cl)cc2)CC1.I. The summed E-state index contributed by atoms with van der Waals surface area (Å²) in [5.41, 5.74) is 1.49. The molecular formula is C24H40ClIN4O. The minimum absolute atomic E-state index is 0. The van der Waals surface area contributed by atoms with E-state index in [1.807, 2.05) is 19.2 Å². The van der Waals surface area contributed by atoms with E-state index in [9.17, 15) is 0 Å². The van der Waals surface area contributed by atoms with Crippen molar-refractivity contribution in [3.63, 3.8) is 0 Å². The Morgan fingerprint density at radius 1 is 1.16 bits per heavy atom. The van der Waals surface area contributed by atoms with Gasteiger partial charge in [-0.15, -0.1) is 24.0 Å². The van der Waals surface area contributed by atoms with Crippen LogP contribution in [0, 0.1) is 11.3 Å². The zero-order chi connectivity index (χ0) is 21.6. The minimum Gasteiger partial charge on any atom is -0.377 e. The topological polar surface area (TPSA) is 48.9 Å². The van der Waals surface area contributed by atoms with E-state index in [1.165, 1.54) is 12.0 Å². The summed E-state index contributed by atoms with van der Waals surface area (Å²) in [6.07, 6.45) is 4.93. The molecule has 7 heteroatoms. The van der Waals surface area contributed by atoms with Crippen molar-refractivity contribution in [1.29, 1.82) is 0 Å². The van der Waals surface area contributed by atoms with Crippen LogP contribution in [0.4, 0.5) is 0 Å². The molecule has 2 N–H and O–H groups in total. The van der Waals surface area contributed by atoms with Gasteiger partial charge in [0.05, 0.1) is 6.10 Å². The normalized spacial score (nSPS) is 23.8. The first kappa shape index (κ1) is 26.7. The standard InChI is InChI=1S/C24H39ClN4O.HI/c1-24(2,3)22-19(6-5-15-30-22)16-27-23(26-4)28-21-11-13-29(14-12-21)17-18-7-9-20(25)10-8-18;/h7-10,19,21-22H,5-6,11-17H2,1-4H3,(H2,26,27,28);1H. The van der Waals surface area contributed by atoms with E-state index in [4.69, 9.17) is 16.3 Å². The predicted octanol–water partition coefficient (Wildman–Crippen LogP) is 4.93. The van der Waals surface area contributed by atoms with Crippen molar-refractivity contribution < 1.29 is 4.74 Å². The van der Waals surface area contributed by atoms with E-state index in [2.05, 4.69) is 53.4 Å². The van der Waals surface area contributed by atoms with Crippen LogP contribution in [0.1, 0.15) is 52.0 Å². The van der Waals surface area contributed by atoms with E-state index >= 15 is 0 Å². The van der Waals surface area contributed by atoms with Crippen molar-refractivity contribution in [3.8, 4) is 0 Å². The number of piperidine rings is 1. The van der Waals surface area contributed by atoms with Gasteiger partial charge in [0.2, 0.25) is 0 Å². The first-order valence-electron chi connectivity index (χ1n) is 11.4. The smallest absolute Gasteiger partial charge is 0.191 e. The van der Waals surface area contributed by atoms with Gasteiger partial charge in [0.1, 0.15) is 0 Å². The number of nitrogens with one attached hydrogen (secondary N) is 2. The summed E-state index contributed by atoms with van der Waals surface area (Å²) >= 11 is 6.00. The first-order chi connectivity index (χ1) is 14.3. The first-order valence-corrected chi connectivity index (χ1v) is 11.8. The highest BCUT2D eigenvalue weighted by Gasteiger charge is 2.35. The summed E-state index contributed by atoms with van der Waals surface area (Å²) < 4.78 is 6.12. The molecule has 0 amide bonds. The van der Waals surface area contributed by atoms with Crippen LogP contribution in [-0.4, -0.2) is 56.3 Å². The van der Waals surface area contributed by atoms with E-state index in [0.717, 1.165) is 63.0 Å². The number of hydrogen-bond acceptors (Lipinski definition) is 3. The largest absolute Gasteiger partial charge is 0.377 e. The number of aliphatic imine (C=N–C) groups is 1. The van der Waals surface area contributed by atoms with Gasteiger partial charge in [-0.2, -0.15) is 0 Å². The van der Waals surface area contributed by atoms with Crippen LogP contribution in [-0.2, 0) is 11.3 Å². The second-order valence-electron chi connectivity index (χ2n) is 9.83. The number of guanidine groups is 1. The molecule has 5 nitrogen and oxygen atoms in total. The lowest BCUT2D eigenvalue weighted by atomic mass is 9.78. The summed E-state index contributed by atoms with van der Waals surface area (Å²) in [7, 11) is 1.86. The van der Waals surface area contributed by atoms with Crippen LogP contribution in [0.25, 0.3) is 0 Å². The number of rotatable bonds is 5. The van der Waals surface area contributed by atoms with E-state index in [0.29, 0.717) is 18.1 Å². The fraction of sp³-hybridized carbons (Fsp3) is 0.708. The van der Waals surface area contributed by atoms with Gasteiger partial charge in [0.25, 0.3) is 0 Å². The summed E-state index contributed by atoms with van der Waals surface area (Å²) in [6.45, 7) is 11.8. The van der Waals surface area contributed by atoms with Gasteiger partial charge in [0, 0.05) is 56.8 Å². The summed E-state index contributed by atoms with van der Waals surface area (Å²) in [4.78, 5) is 7.00. The molecule has 2 unspecified atom stereocenters. The minimum atomic E-state index is 0. The van der Waals surface area contributed by atoms with E-state index < -0.39 is 0 Å². The highest BCUT2D eigenvalue weighted by molar-refractivity contribution is 14.0. The van der Waals surface area contributed by atoms with Crippen LogP contribution in [0.2, 0.25) is 5.02 Å². The molecule has 2 fully saturated rings. The van der Waals surface area contributed by atoms with Crippen molar-refractivity contribution in [3.05, 3.63) is 34.9 Å². The Hall–Kier alpha value is -0.570.